The summed E-state index contributed by atoms with van der Waals surface area (Å²) in [6.45, 7) is 0.0200. The molecule has 0 amide bonds. The summed E-state index contributed by atoms with van der Waals surface area (Å²) < 4.78 is 24.4. The summed E-state index contributed by atoms with van der Waals surface area (Å²) in [7, 11) is -3.13. The average Bonchev–Trinajstić information content (AvgIpc) is 2.39. The van der Waals surface area contributed by atoms with Crippen molar-refractivity contribution in [2.45, 2.75) is 17.2 Å². The van der Waals surface area contributed by atoms with Crippen molar-refractivity contribution in [3.8, 4) is 0 Å². The van der Waals surface area contributed by atoms with Crippen molar-refractivity contribution in [2.75, 3.05) is 12.4 Å². The van der Waals surface area contributed by atoms with Gasteiger partial charge in [0.2, 0.25) is 0 Å². The van der Waals surface area contributed by atoms with E-state index >= 15 is 0 Å². The van der Waals surface area contributed by atoms with Crippen LogP contribution in [0.2, 0.25) is 0 Å². The number of benzene rings is 1. The second kappa shape index (κ2) is 3.88. The third kappa shape index (κ3) is 1.96. The quantitative estimate of drug-likeness (QED) is 0.902. The lowest BCUT2D eigenvalue weighted by Crippen LogP contribution is -2.05. The second-order valence-corrected chi connectivity index (χ2v) is 6.59. The molecule has 0 saturated carbocycles. The number of rotatable bonds is 2. The first-order valence-electron chi connectivity index (χ1n) is 4.67. The van der Waals surface area contributed by atoms with Crippen LogP contribution < -0.4 is 0 Å². The van der Waals surface area contributed by atoms with Crippen LogP contribution in [0.5, 0.6) is 0 Å². The molecule has 15 heavy (non-hydrogen) atoms. The third-order valence-electron chi connectivity index (χ3n) is 2.64. The summed E-state index contributed by atoms with van der Waals surface area (Å²) in [5.74, 6) is 0.0619. The van der Waals surface area contributed by atoms with E-state index in [-0.39, 0.29) is 18.3 Å². The van der Waals surface area contributed by atoms with Crippen molar-refractivity contribution >= 4 is 25.8 Å². The zero-order chi connectivity index (χ0) is 11.1. The van der Waals surface area contributed by atoms with Crippen molar-refractivity contribution in [1.29, 1.82) is 0 Å². The molecule has 1 aliphatic rings. The van der Waals surface area contributed by atoms with Crippen LogP contribution >= 0.6 is 15.9 Å². The first-order chi connectivity index (χ1) is 7.04. The van der Waals surface area contributed by atoms with Crippen LogP contribution in [0.4, 0.5) is 0 Å². The Balaban J connectivity index is 2.53. The molecule has 1 aromatic carbocycles. The Hall–Kier alpha value is -0.390. The number of hydrogen-bond acceptors (Lipinski definition) is 3. The summed E-state index contributed by atoms with van der Waals surface area (Å²) in [6, 6.07) is 5.20. The Labute approximate surface area is 97.2 Å². The molecule has 82 valence electrons. The summed E-state index contributed by atoms with van der Waals surface area (Å²) in [5, 5.41) is 8.89. The van der Waals surface area contributed by atoms with Crippen LogP contribution in [0.15, 0.2) is 27.6 Å². The first-order valence-corrected chi connectivity index (χ1v) is 7.12. The van der Waals surface area contributed by atoms with Crippen LogP contribution in [0.25, 0.3) is 0 Å². The summed E-state index contributed by atoms with van der Waals surface area (Å²) in [5.41, 5.74) is 0.832. The molecule has 3 nitrogen and oxygen atoms in total. The molecular weight excluding hydrogens is 280 g/mol. The number of halogens is 1. The van der Waals surface area contributed by atoms with Gasteiger partial charge in [-0.2, -0.15) is 0 Å². The molecule has 1 aliphatic heterocycles. The molecule has 0 bridgehead atoms. The molecule has 5 heteroatoms. The van der Waals surface area contributed by atoms with Crippen molar-refractivity contribution in [2.24, 2.45) is 0 Å². The molecule has 1 heterocycles. The summed E-state index contributed by atoms with van der Waals surface area (Å²) in [6.07, 6.45) is 0.503. The minimum Gasteiger partial charge on any atom is -0.396 e. The van der Waals surface area contributed by atoms with Gasteiger partial charge in [-0.25, -0.2) is 8.42 Å². The van der Waals surface area contributed by atoms with E-state index in [1.165, 1.54) is 0 Å². The standard InChI is InChI=1S/C10H11BrO3S/c11-8-1-2-10-9(5-8)7(3-4-12)6-15(10,13)14/h1-2,5,7,12H,3-4,6H2. The molecule has 0 aromatic heterocycles. The van der Waals surface area contributed by atoms with Gasteiger partial charge in [-0.3, -0.25) is 0 Å². The van der Waals surface area contributed by atoms with Crippen molar-refractivity contribution in [1.82, 2.24) is 0 Å². The molecule has 1 unspecified atom stereocenters. The SMILES string of the molecule is O=S1(=O)CC(CCO)c2cc(Br)ccc21. The highest BCUT2D eigenvalue weighted by Crippen LogP contribution is 2.38. The maximum Gasteiger partial charge on any atom is 0.179 e. The van der Waals surface area contributed by atoms with Crippen LogP contribution in [0, 0.1) is 0 Å². The molecule has 1 atom stereocenters. The van der Waals surface area contributed by atoms with E-state index in [9.17, 15) is 8.42 Å². The predicted octanol–water partition coefficient (Wildman–Crippen LogP) is 1.70. The highest BCUT2D eigenvalue weighted by Gasteiger charge is 2.34. The van der Waals surface area contributed by atoms with E-state index in [1.807, 2.05) is 6.07 Å². The second-order valence-electron chi connectivity index (χ2n) is 3.67. The third-order valence-corrected chi connectivity index (χ3v) is 5.02. The van der Waals surface area contributed by atoms with Crippen LogP contribution in [-0.2, 0) is 9.84 Å². The predicted molar refractivity (Wildman–Crippen MR) is 60.6 cm³/mol. The van der Waals surface area contributed by atoms with Gasteiger partial charge in [-0.15, -0.1) is 0 Å². The Morgan fingerprint density at radius 3 is 2.87 bits per heavy atom. The van der Waals surface area contributed by atoms with E-state index in [0.29, 0.717) is 11.3 Å². The lowest BCUT2D eigenvalue weighted by molar-refractivity contribution is 0.279. The lowest BCUT2D eigenvalue weighted by Gasteiger charge is -2.07. The van der Waals surface area contributed by atoms with Gasteiger partial charge in [-0.05, 0) is 30.2 Å². The molecular formula is C10H11BrO3S. The fourth-order valence-electron chi connectivity index (χ4n) is 1.96. The van der Waals surface area contributed by atoms with Crippen LogP contribution in [-0.4, -0.2) is 25.9 Å². The number of fused-ring (bicyclic) bond motifs is 1. The van der Waals surface area contributed by atoms with Crippen LogP contribution in [0.1, 0.15) is 17.9 Å². The Kier molecular flexibility index (Phi) is 2.87. The normalized spacial score (nSPS) is 22.7. The maximum atomic E-state index is 11.8. The number of sulfone groups is 1. The maximum absolute atomic E-state index is 11.8. The molecule has 0 spiro atoms. The number of hydrogen-bond donors (Lipinski definition) is 1. The Bertz CT molecular complexity index is 481. The zero-order valence-corrected chi connectivity index (χ0v) is 10.4. The van der Waals surface area contributed by atoms with E-state index < -0.39 is 9.84 Å². The van der Waals surface area contributed by atoms with Crippen molar-refractivity contribution in [3.63, 3.8) is 0 Å². The van der Waals surface area contributed by atoms with Crippen molar-refractivity contribution < 1.29 is 13.5 Å². The number of aliphatic hydroxyl groups is 1. The molecule has 0 aliphatic carbocycles. The van der Waals surface area contributed by atoms with Gasteiger partial charge in [0, 0.05) is 17.0 Å². The summed E-state index contributed by atoms with van der Waals surface area (Å²) >= 11 is 3.32. The highest BCUT2D eigenvalue weighted by atomic mass is 79.9. The van der Waals surface area contributed by atoms with Gasteiger partial charge in [0.05, 0.1) is 10.6 Å². The number of aliphatic hydroxyl groups excluding tert-OH is 1. The molecule has 1 N–H and O–H groups in total. The van der Waals surface area contributed by atoms with Gasteiger partial charge >= 0.3 is 0 Å². The zero-order valence-electron chi connectivity index (χ0n) is 7.98. The minimum atomic E-state index is -3.13. The molecule has 0 radical (unpaired) electrons. The largest absolute Gasteiger partial charge is 0.396 e. The Morgan fingerprint density at radius 2 is 2.20 bits per heavy atom. The first kappa shape index (κ1) is 11.1. The van der Waals surface area contributed by atoms with Gasteiger partial charge in [0.1, 0.15) is 0 Å². The Morgan fingerprint density at radius 1 is 1.47 bits per heavy atom. The van der Waals surface area contributed by atoms with E-state index in [4.69, 9.17) is 5.11 Å². The summed E-state index contributed by atoms with van der Waals surface area (Å²) in [4.78, 5) is 0.421. The molecule has 1 aromatic rings. The van der Waals surface area contributed by atoms with Gasteiger partial charge < -0.3 is 5.11 Å². The monoisotopic (exact) mass is 290 g/mol. The fraction of sp³-hybridized carbons (Fsp3) is 0.400. The lowest BCUT2D eigenvalue weighted by atomic mass is 9.99. The van der Waals surface area contributed by atoms with Gasteiger partial charge in [0.25, 0.3) is 0 Å². The van der Waals surface area contributed by atoms with E-state index in [1.54, 1.807) is 12.1 Å². The van der Waals surface area contributed by atoms with E-state index in [2.05, 4.69) is 15.9 Å². The minimum absolute atomic E-state index is 0.0200. The highest BCUT2D eigenvalue weighted by molar-refractivity contribution is 9.10. The van der Waals surface area contributed by atoms with Crippen molar-refractivity contribution in [3.05, 3.63) is 28.2 Å². The molecule has 0 saturated heterocycles. The topological polar surface area (TPSA) is 54.4 Å². The van der Waals surface area contributed by atoms with Crippen LogP contribution in [0.3, 0.4) is 0 Å². The van der Waals surface area contributed by atoms with Gasteiger partial charge in [0.15, 0.2) is 9.84 Å². The smallest absolute Gasteiger partial charge is 0.179 e. The van der Waals surface area contributed by atoms with E-state index in [0.717, 1.165) is 10.0 Å². The molecule has 0 fully saturated rings. The molecule has 2 rings (SSSR count). The average molecular weight is 291 g/mol. The fourth-order valence-corrected chi connectivity index (χ4v) is 4.26. The van der Waals surface area contributed by atoms with Gasteiger partial charge in [-0.1, -0.05) is 15.9 Å².